The van der Waals surface area contributed by atoms with E-state index in [4.69, 9.17) is 0 Å². The average Bonchev–Trinajstić information content (AvgIpc) is 2.98. The molecule has 0 aliphatic rings. The summed E-state index contributed by atoms with van der Waals surface area (Å²) in [5.41, 5.74) is 10.9. The molecular formula is C36H29N3. The molecule has 0 radical (unpaired) electrons. The first kappa shape index (κ1) is 25.7. The number of benzene rings is 3. The van der Waals surface area contributed by atoms with Crippen molar-refractivity contribution in [1.82, 2.24) is 14.9 Å². The monoisotopic (exact) mass is 503 g/mol. The summed E-state index contributed by atoms with van der Waals surface area (Å²) in [5.74, 6) is 13.5. The Bertz CT molecular complexity index is 1560. The highest BCUT2D eigenvalue weighted by Gasteiger charge is 2.06. The Morgan fingerprint density at radius 3 is 1.31 bits per heavy atom. The fourth-order valence-electron chi connectivity index (χ4n) is 4.35. The highest BCUT2D eigenvalue weighted by atomic mass is 15.0. The molecule has 0 saturated carbocycles. The Morgan fingerprint density at radius 2 is 0.923 bits per heavy atom. The maximum absolute atomic E-state index is 4.10. The van der Waals surface area contributed by atoms with Crippen LogP contribution < -0.4 is 0 Å². The smallest absolute Gasteiger partial charge is 0.0293 e. The molecule has 188 valence electrons. The lowest BCUT2D eigenvalue weighted by molar-refractivity contribution is 0.402. The number of pyridine rings is 2. The van der Waals surface area contributed by atoms with Crippen molar-refractivity contribution in [3.05, 3.63) is 143 Å². The predicted octanol–water partition coefficient (Wildman–Crippen LogP) is 6.98. The van der Waals surface area contributed by atoms with Gasteiger partial charge in [-0.25, -0.2) is 0 Å². The van der Waals surface area contributed by atoms with E-state index in [0.29, 0.717) is 0 Å². The Kier molecular flexibility index (Phi) is 7.94. The maximum atomic E-state index is 4.10. The first-order chi connectivity index (χ1) is 19.0. The van der Waals surface area contributed by atoms with Crippen LogP contribution in [0.2, 0.25) is 0 Å². The van der Waals surface area contributed by atoms with Gasteiger partial charge in [0.05, 0.1) is 0 Å². The predicted molar refractivity (Wildman–Crippen MR) is 160 cm³/mol. The molecule has 0 amide bonds. The molecule has 0 N–H and O–H groups in total. The molecule has 39 heavy (non-hydrogen) atoms. The van der Waals surface area contributed by atoms with Gasteiger partial charge < -0.3 is 4.90 Å². The lowest BCUT2D eigenvalue weighted by Crippen LogP contribution is -2.11. The second-order valence-electron chi connectivity index (χ2n) is 9.68. The molecule has 5 aromatic rings. The zero-order valence-electron chi connectivity index (χ0n) is 22.4. The number of rotatable bonds is 4. The summed E-state index contributed by atoms with van der Waals surface area (Å²) < 4.78 is 0. The summed E-state index contributed by atoms with van der Waals surface area (Å²) in [4.78, 5) is 10.4. The highest BCUT2D eigenvalue weighted by Crippen LogP contribution is 2.21. The van der Waals surface area contributed by atoms with Crippen molar-refractivity contribution in [1.29, 1.82) is 0 Å². The zero-order chi connectivity index (χ0) is 27.0. The van der Waals surface area contributed by atoms with E-state index in [-0.39, 0.29) is 0 Å². The van der Waals surface area contributed by atoms with E-state index in [1.807, 2.05) is 49.1 Å². The van der Waals surface area contributed by atoms with E-state index in [9.17, 15) is 0 Å². The summed E-state index contributed by atoms with van der Waals surface area (Å²) in [7, 11) is 4.15. The van der Waals surface area contributed by atoms with Crippen LogP contribution in [-0.2, 0) is 6.54 Å². The van der Waals surface area contributed by atoms with E-state index in [1.165, 1.54) is 5.56 Å². The van der Waals surface area contributed by atoms with Gasteiger partial charge in [0.2, 0.25) is 0 Å². The SMILES string of the molecule is Cc1c(C#Cc2ccc(-c3ccncc3)cc2)cc(CN(C)C)cc1C#Cc1ccc(-c2ccncc2)cc1. The first-order valence-electron chi connectivity index (χ1n) is 12.9. The molecule has 2 heterocycles. The minimum absolute atomic E-state index is 0.824. The van der Waals surface area contributed by atoms with Crippen molar-refractivity contribution in [2.45, 2.75) is 13.5 Å². The van der Waals surface area contributed by atoms with Crippen molar-refractivity contribution < 1.29 is 0 Å². The quantitative estimate of drug-likeness (QED) is 0.248. The van der Waals surface area contributed by atoms with Crippen molar-refractivity contribution in [3.8, 4) is 45.9 Å². The van der Waals surface area contributed by atoms with Gasteiger partial charge in [-0.3, -0.25) is 9.97 Å². The van der Waals surface area contributed by atoms with E-state index in [1.54, 1.807) is 0 Å². The van der Waals surface area contributed by atoms with Crippen LogP contribution in [-0.4, -0.2) is 29.0 Å². The van der Waals surface area contributed by atoms with Gasteiger partial charge in [0.15, 0.2) is 0 Å². The summed E-state index contributed by atoms with van der Waals surface area (Å²) in [6.07, 6.45) is 7.24. The van der Waals surface area contributed by atoms with Gasteiger partial charge in [-0.05, 0) is 115 Å². The number of nitrogens with zero attached hydrogens (tertiary/aromatic N) is 3. The fourth-order valence-corrected chi connectivity index (χ4v) is 4.35. The number of hydrogen-bond donors (Lipinski definition) is 0. The van der Waals surface area contributed by atoms with E-state index >= 15 is 0 Å². The average molecular weight is 504 g/mol. The second kappa shape index (κ2) is 12.1. The van der Waals surface area contributed by atoms with E-state index in [2.05, 4.69) is 120 Å². The largest absolute Gasteiger partial charge is 0.305 e. The van der Waals surface area contributed by atoms with E-state index < -0.39 is 0 Å². The van der Waals surface area contributed by atoms with Crippen molar-refractivity contribution >= 4 is 0 Å². The number of hydrogen-bond acceptors (Lipinski definition) is 3. The zero-order valence-corrected chi connectivity index (χ0v) is 22.4. The molecule has 0 aliphatic carbocycles. The van der Waals surface area contributed by atoms with Gasteiger partial charge in [0.25, 0.3) is 0 Å². The molecule has 0 bridgehead atoms. The van der Waals surface area contributed by atoms with Gasteiger partial charge in [-0.1, -0.05) is 47.9 Å². The minimum atomic E-state index is 0.824. The molecule has 0 fully saturated rings. The molecular weight excluding hydrogens is 474 g/mol. The molecule has 0 spiro atoms. The van der Waals surface area contributed by atoms with Crippen molar-refractivity contribution in [3.63, 3.8) is 0 Å². The first-order valence-corrected chi connectivity index (χ1v) is 12.9. The maximum Gasteiger partial charge on any atom is 0.0293 e. The van der Waals surface area contributed by atoms with Crippen LogP contribution in [0.25, 0.3) is 22.3 Å². The van der Waals surface area contributed by atoms with Crippen LogP contribution in [0, 0.1) is 30.6 Å². The highest BCUT2D eigenvalue weighted by molar-refractivity contribution is 5.65. The van der Waals surface area contributed by atoms with Crippen molar-refractivity contribution in [2.24, 2.45) is 0 Å². The minimum Gasteiger partial charge on any atom is -0.305 e. The third kappa shape index (κ3) is 6.68. The van der Waals surface area contributed by atoms with Crippen LogP contribution in [0.1, 0.15) is 33.4 Å². The van der Waals surface area contributed by atoms with Crippen LogP contribution in [0.5, 0.6) is 0 Å². The standard InChI is InChI=1S/C36H29N3/c1-27-35(14-8-28-4-10-31(11-5-28)33-16-20-37-21-17-33)24-30(26-39(2)3)25-36(27)15-9-29-6-12-32(13-7-29)34-18-22-38-23-19-34/h4-7,10-13,16-25H,26H2,1-3H3. The molecule has 5 rings (SSSR count). The Labute approximate surface area is 231 Å². The van der Waals surface area contributed by atoms with Gasteiger partial charge in [0, 0.05) is 53.6 Å². The third-order valence-corrected chi connectivity index (χ3v) is 6.45. The molecule has 3 heteroatoms. The number of aromatic nitrogens is 2. The van der Waals surface area contributed by atoms with Gasteiger partial charge >= 0.3 is 0 Å². The summed E-state index contributed by atoms with van der Waals surface area (Å²) in [6, 6.07) is 29.1. The lowest BCUT2D eigenvalue weighted by atomic mass is 9.98. The lowest BCUT2D eigenvalue weighted by Gasteiger charge is -2.12. The topological polar surface area (TPSA) is 29.0 Å². The van der Waals surface area contributed by atoms with E-state index in [0.717, 1.165) is 56.6 Å². The van der Waals surface area contributed by atoms with Crippen LogP contribution >= 0.6 is 0 Å². The molecule has 0 atom stereocenters. The molecule has 2 aromatic heterocycles. The third-order valence-electron chi connectivity index (χ3n) is 6.45. The van der Waals surface area contributed by atoms with Crippen molar-refractivity contribution in [2.75, 3.05) is 14.1 Å². The Hall–Kier alpha value is -4.96. The molecule has 3 nitrogen and oxygen atoms in total. The van der Waals surface area contributed by atoms with Crippen LogP contribution in [0.3, 0.4) is 0 Å². The normalized spacial score (nSPS) is 10.4. The summed E-state index contributed by atoms with van der Waals surface area (Å²) in [6.45, 7) is 2.93. The Balaban J connectivity index is 1.42. The van der Waals surface area contributed by atoms with Crippen LogP contribution in [0.4, 0.5) is 0 Å². The fraction of sp³-hybridized carbons (Fsp3) is 0.111. The summed E-state index contributed by atoms with van der Waals surface area (Å²) >= 11 is 0. The van der Waals surface area contributed by atoms with Gasteiger partial charge in [-0.15, -0.1) is 0 Å². The molecule has 3 aromatic carbocycles. The molecule has 0 saturated heterocycles. The van der Waals surface area contributed by atoms with Gasteiger partial charge in [0.1, 0.15) is 0 Å². The Morgan fingerprint density at radius 1 is 0.538 bits per heavy atom. The molecule has 0 aliphatic heterocycles. The molecule has 0 unspecified atom stereocenters. The van der Waals surface area contributed by atoms with Crippen LogP contribution in [0.15, 0.2) is 110 Å². The van der Waals surface area contributed by atoms with Gasteiger partial charge in [-0.2, -0.15) is 0 Å². The summed E-state index contributed by atoms with van der Waals surface area (Å²) in [5, 5.41) is 0. The second-order valence-corrected chi connectivity index (χ2v) is 9.68.